The Hall–Kier alpha value is -6.74. The molecule has 2 amide bonds. The maximum absolute atomic E-state index is 14.0. The fourth-order valence-electron chi connectivity index (χ4n) is 9.47. The number of aliphatic carboxylic acids is 2. The van der Waals surface area contributed by atoms with Crippen LogP contribution in [0.15, 0.2) is 146 Å². The van der Waals surface area contributed by atoms with Gasteiger partial charge < -0.3 is 29.5 Å². The van der Waals surface area contributed by atoms with Crippen molar-refractivity contribution in [1.82, 2.24) is 9.80 Å². The maximum atomic E-state index is 14.0. The van der Waals surface area contributed by atoms with E-state index in [4.69, 9.17) is 66.4 Å². The second kappa shape index (κ2) is 25.5. The van der Waals surface area contributed by atoms with Crippen molar-refractivity contribution < 1.29 is 38.9 Å². The highest BCUT2D eigenvalue weighted by molar-refractivity contribution is 6.31. The molecule has 8 atom stereocenters. The molecule has 16 heteroatoms. The molecule has 0 aliphatic carbocycles. The van der Waals surface area contributed by atoms with Gasteiger partial charge in [0.2, 0.25) is 0 Å². The van der Waals surface area contributed by atoms with Crippen molar-refractivity contribution in [3.8, 4) is 12.1 Å². The van der Waals surface area contributed by atoms with Gasteiger partial charge in [-0.25, -0.2) is 9.59 Å². The number of morpholine rings is 2. The van der Waals surface area contributed by atoms with Gasteiger partial charge >= 0.3 is 11.9 Å². The average molecular weight is 1070 g/mol. The highest BCUT2D eigenvalue weighted by Gasteiger charge is 2.50. The van der Waals surface area contributed by atoms with Gasteiger partial charge in [0.15, 0.2) is 0 Å². The zero-order valence-corrected chi connectivity index (χ0v) is 43.4. The zero-order chi connectivity index (χ0) is 53.1. The van der Waals surface area contributed by atoms with Gasteiger partial charge in [-0.2, -0.15) is 10.5 Å². The van der Waals surface area contributed by atoms with Gasteiger partial charge in [0.05, 0.1) is 35.3 Å². The number of hydrogen-bond acceptors (Lipinski definition) is 8. The number of nitrogens with zero attached hydrogens (tertiary/aromatic N) is 4. The van der Waals surface area contributed by atoms with Crippen molar-refractivity contribution >= 4 is 70.2 Å². The molecule has 6 aromatic carbocycles. The maximum Gasteiger partial charge on any atom is 0.326 e. The summed E-state index contributed by atoms with van der Waals surface area (Å²) in [7, 11) is 0. The van der Waals surface area contributed by atoms with Crippen molar-refractivity contribution in [3.63, 3.8) is 0 Å². The first-order chi connectivity index (χ1) is 35.6. The summed E-state index contributed by atoms with van der Waals surface area (Å²) in [4.78, 5) is 55.9. The van der Waals surface area contributed by atoms with Gasteiger partial charge in [-0.3, -0.25) is 9.59 Å². The summed E-state index contributed by atoms with van der Waals surface area (Å²) in [5, 5.41) is 40.8. The van der Waals surface area contributed by atoms with Crippen LogP contribution in [-0.4, -0.2) is 68.1 Å². The lowest BCUT2D eigenvalue weighted by molar-refractivity contribution is -0.184. The van der Waals surface area contributed by atoms with E-state index in [-0.39, 0.29) is 12.8 Å². The zero-order valence-electron chi connectivity index (χ0n) is 40.4. The number of carbonyl (C=O) groups excluding carboxylic acids is 2. The lowest BCUT2D eigenvalue weighted by Gasteiger charge is -2.47. The molecule has 0 spiro atoms. The summed E-state index contributed by atoms with van der Waals surface area (Å²) >= 11 is 24.6. The molecule has 380 valence electrons. The third-order valence-corrected chi connectivity index (χ3v) is 14.1. The monoisotopic (exact) mass is 1070 g/mol. The molecule has 0 saturated carbocycles. The van der Waals surface area contributed by atoms with Crippen LogP contribution in [0.3, 0.4) is 0 Å². The van der Waals surface area contributed by atoms with Gasteiger partial charge in [0.1, 0.15) is 36.5 Å². The number of ether oxygens (including phenoxy) is 2. The molecule has 12 nitrogen and oxygen atoms in total. The standard InChI is InChI=1S/2C29H26Cl2N2O4/c2*1-2-3-24(29(35)36)33-26(20-8-12-22(30)13-9-20)27(21-10-14-23(31)15-11-21)37-25(28(33)34)16-18-4-6-19(17-32)7-5-18/h2*4-15,24-27H,2-3,16H2,1H3,(H,35,36)/t2*24-,25+,26-,27+/m10/s1. The third-order valence-electron chi connectivity index (χ3n) is 13.0. The first kappa shape index (κ1) is 55.0. The predicted octanol–water partition coefficient (Wildman–Crippen LogP) is 12.7. The summed E-state index contributed by atoms with van der Waals surface area (Å²) in [5.41, 5.74) is 5.61. The van der Waals surface area contributed by atoms with E-state index in [2.05, 4.69) is 12.1 Å². The topological polar surface area (TPSA) is 181 Å². The molecule has 0 aromatic heterocycles. The van der Waals surface area contributed by atoms with Crippen LogP contribution >= 0.6 is 46.4 Å². The van der Waals surface area contributed by atoms with E-state index >= 15 is 0 Å². The number of halogens is 4. The van der Waals surface area contributed by atoms with Crippen LogP contribution in [0.4, 0.5) is 0 Å². The van der Waals surface area contributed by atoms with E-state index < -0.39 is 72.3 Å². The number of amides is 2. The van der Waals surface area contributed by atoms with Crippen LogP contribution < -0.4 is 0 Å². The normalized spacial score (nSPS) is 20.3. The van der Waals surface area contributed by atoms with Crippen molar-refractivity contribution in [1.29, 1.82) is 10.5 Å². The SMILES string of the molecule is CCC[C@@H](C(=O)O)N1C(=O)[C@@H](Cc2ccc(C#N)cc2)O[C@H](c2ccc(Cl)cc2)[C@@H]1c1ccc(Cl)cc1.CCC[C@H](C(=O)O)N1C(=O)[C@H](Cc2ccc(C#N)cc2)O[C@@H](c2ccc(Cl)cc2)[C@H]1c1ccc(Cl)cc1. The molecule has 2 aliphatic heterocycles. The van der Waals surface area contributed by atoms with Crippen molar-refractivity contribution in [2.75, 3.05) is 0 Å². The molecule has 0 radical (unpaired) electrons. The molecule has 2 fully saturated rings. The molecule has 6 aromatic rings. The van der Waals surface area contributed by atoms with Crippen molar-refractivity contribution in [2.24, 2.45) is 0 Å². The van der Waals surface area contributed by atoms with Crippen LogP contribution in [0.25, 0.3) is 0 Å². The Balaban J connectivity index is 0.000000216. The molecular weight excluding hydrogens is 1020 g/mol. The number of benzene rings is 6. The summed E-state index contributed by atoms with van der Waals surface area (Å²) in [6.07, 6.45) is -0.928. The first-order valence-electron chi connectivity index (χ1n) is 24.0. The van der Waals surface area contributed by atoms with E-state index in [9.17, 15) is 29.4 Å². The number of carboxylic acid groups (broad SMARTS) is 2. The quantitative estimate of drug-likeness (QED) is 0.0946. The Labute approximate surface area is 450 Å². The fourth-order valence-corrected chi connectivity index (χ4v) is 9.97. The van der Waals surface area contributed by atoms with Crippen molar-refractivity contribution in [3.05, 3.63) is 210 Å². The minimum Gasteiger partial charge on any atom is -0.480 e. The van der Waals surface area contributed by atoms with E-state index in [1.165, 1.54) is 9.80 Å². The molecule has 8 rings (SSSR count). The highest BCUT2D eigenvalue weighted by Crippen LogP contribution is 2.46. The molecule has 2 N–H and O–H groups in total. The predicted molar refractivity (Wildman–Crippen MR) is 283 cm³/mol. The van der Waals surface area contributed by atoms with Gasteiger partial charge in [0, 0.05) is 32.9 Å². The second-order valence-electron chi connectivity index (χ2n) is 18.0. The Bertz CT molecular complexity index is 2780. The van der Waals surface area contributed by atoms with Gasteiger partial charge in [-0.05, 0) is 119 Å². The van der Waals surface area contributed by atoms with E-state index in [1.54, 1.807) is 121 Å². The van der Waals surface area contributed by atoms with Crippen LogP contribution in [-0.2, 0) is 41.5 Å². The first-order valence-corrected chi connectivity index (χ1v) is 25.6. The molecule has 2 aliphatic rings. The van der Waals surface area contributed by atoms with E-state index in [0.717, 1.165) is 33.4 Å². The Kier molecular flexibility index (Phi) is 18.9. The molecular formula is C58H52Cl4N4O8. The number of nitriles is 2. The summed E-state index contributed by atoms with van der Waals surface area (Å²) in [6.45, 7) is 3.78. The van der Waals surface area contributed by atoms with E-state index in [0.29, 0.717) is 56.9 Å². The largest absolute Gasteiger partial charge is 0.480 e. The van der Waals surface area contributed by atoms with E-state index in [1.807, 2.05) is 38.1 Å². The highest BCUT2D eigenvalue weighted by atomic mass is 35.5. The number of hydrogen-bond donors (Lipinski definition) is 2. The number of carboxylic acids is 2. The van der Waals surface area contributed by atoms with Crippen LogP contribution in [0.1, 0.15) is 108 Å². The average Bonchev–Trinajstić information content (AvgIpc) is 3.40. The van der Waals surface area contributed by atoms with Gasteiger partial charge in [0.25, 0.3) is 11.8 Å². The van der Waals surface area contributed by atoms with Crippen molar-refractivity contribution in [2.45, 2.75) is 101 Å². The van der Waals surface area contributed by atoms with Crippen LogP contribution in [0, 0.1) is 22.7 Å². The Morgan fingerprint density at radius 2 is 0.784 bits per heavy atom. The minimum absolute atomic E-state index is 0.233. The molecule has 2 saturated heterocycles. The Morgan fingerprint density at radius 1 is 0.500 bits per heavy atom. The molecule has 0 unspecified atom stereocenters. The molecule has 0 bridgehead atoms. The smallest absolute Gasteiger partial charge is 0.326 e. The fraction of sp³-hybridized carbons (Fsp3) is 0.276. The van der Waals surface area contributed by atoms with Crippen LogP contribution in [0.5, 0.6) is 0 Å². The molecule has 2 heterocycles. The number of rotatable bonds is 16. The summed E-state index contributed by atoms with van der Waals surface area (Å²) in [5.74, 6) is -2.92. The lowest BCUT2D eigenvalue weighted by atomic mass is 9.88. The summed E-state index contributed by atoms with van der Waals surface area (Å²) in [6, 6.07) is 42.9. The second-order valence-corrected chi connectivity index (χ2v) is 19.7. The summed E-state index contributed by atoms with van der Waals surface area (Å²) < 4.78 is 13.0. The molecule has 74 heavy (non-hydrogen) atoms. The third kappa shape index (κ3) is 13.1. The van der Waals surface area contributed by atoms with Gasteiger partial charge in [-0.1, -0.05) is 146 Å². The Morgan fingerprint density at radius 3 is 1.04 bits per heavy atom. The lowest BCUT2D eigenvalue weighted by Crippen LogP contribution is -2.57. The van der Waals surface area contributed by atoms with Crippen LogP contribution in [0.2, 0.25) is 20.1 Å². The number of carbonyl (C=O) groups is 4. The van der Waals surface area contributed by atoms with Gasteiger partial charge in [-0.15, -0.1) is 0 Å². The minimum atomic E-state index is -1.07.